The molecule has 2 rings (SSSR count). The highest BCUT2D eigenvalue weighted by atomic mass is 32.1. The fourth-order valence-electron chi connectivity index (χ4n) is 1.66. The predicted molar refractivity (Wildman–Crippen MR) is 76.7 cm³/mol. The summed E-state index contributed by atoms with van der Waals surface area (Å²) in [5.41, 5.74) is 6.37. The van der Waals surface area contributed by atoms with Crippen LogP contribution in [0.4, 0.5) is 10.5 Å². The Morgan fingerprint density at radius 2 is 2.06 bits per heavy atom. The van der Waals surface area contributed by atoms with Crippen LogP contribution in [0.15, 0.2) is 30.3 Å². The van der Waals surface area contributed by atoms with Gasteiger partial charge in [-0.15, -0.1) is 0 Å². The molecule has 0 atom stereocenters. The highest BCUT2D eigenvalue weighted by Gasteiger charge is 2.26. The number of benzene rings is 1. The molecule has 0 heterocycles. The lowest BCUT2D eigenvalue weighted by atomic mass is 10.2. The first kappa shape index (κ1) is 12.8. The number of urea groups is 1. The van der Waals surface area contributed by atoms with E-state index in [9.17, 15) is 4.79 Å². The second-order valence-corrected chi connectivity index (χ2v) is 4.95. The van der Waals surface area contributed by atoms with Crippen molar-refractivity contribution in [3.8, 4) is 0 Å². The molecule has 1 aliphatic rings. The van der Waals surface area contributed by atoms with Crippen LogP contribution in [0.5, 0.6) is 0 Å². The van der Waals surface area contributed by atoms with Crippen LogP contribution in [-0.4, -0.2) is 23.6 Å². The van der Waals surface area contributed by atoms with E-state index in [0.717, 1.165) is 18.5 Å². The molecule has 1 saturated carbocycles. The van der Waals surface area contributed by atoms with Gasteiger partial charge in [-0.05, 0) is 25.0 Å². The maximum atomic E-state index is 12.1. The standard InChI is InChI=1S/C13H17N3OS/c14-12(18)8-9-16(11-4-2-1-3-5-11)13(17)15-10-6-7-10/h1-5,10H,6-9H2,(H2,14,18)(H,15,17). The summed E-state index contributed by atoms with van der Waals surface area (Å²) >= 11 is 4.87. The molecule has 2 amide bonds. The normalized spacial score (nSPS) is 14.0. The Bertz CT molecular complexity index is 431. The fourth-order valence-corrected chi connectivity index (χ4v) is 1.75. The summed E-state index contributed by atoms with van der Waals surface area (Å²) in [4.78, 5) is 14.3. The highest BCUT2D eigenvalue weighted by molar-refractivity contribution is 7.80. The number of hydrogen-bond acceptors (Lipinski definition) is 2. The predicted octanol–water partition coefficient (Wildman–Crippen LogP) is 2.04. The van der Waals surface area contributed by atoms with Crippen molar-refractivity contribution >= 4 is 28.9 Å². The van der Waals surface area contributed by atoms with E-state index in [-0.39, 0.29) is 6.03 Å². The van der Waals surface area contributed by atoms with Crippen LogP contribution in [0.2, 0.25) is 0 Å². The van der Waals surface area contributed by atoms with Crippen LogP contribution < -0.4 is 16.0 Å². The lowest BCUT2D eigenvalue weighted by molar-refractivity contribution is 0.246. The van der Waals surface area contributed by atoms with Crippen molar-refractivity contribution in [2.45, 2.75) is 25.3 Å². The van der Waals surface area contributed by atoms with Gasteiger partial charge in [0.2, 0.25) is 0 Å². The number of carbonyl (C=O) groups is 1. The summed E-state index contributed by atoms with van der Waals surface area (Å²) in [6.07, 6.45) is 2.68. The average Bonchev–Trinajstić information content (AvgIpc) is 3.14. The van der Waals surface area contributed by atoms with Crippen LogP contribution in [0.3, 0.4) is 0 Å². The second-order valence-electron chi connectivity index (χ2n) is 4.43. The molecule has 5 heteroatoms. The first-order chi connectivity index (χ1) is 8.66. The van der Waals surface area contributed by atoms with Crippen molar-refractivity contribution in [2.24, 2.45) is 5.73 Å². The summed E-state index contributed by atoms with van der Waals surface area (Å²) in [5.74, 6) is 0. The van der Waals surface area contributed by atoms with E-state index >= 15 is 0 Å². The average molecular weight is 263 g/mol. The van der Waals surface area contributed by atoms with Gasteiger partial charge in [-0.2, -0.15) is 0 Å². The van der Waals surface area contributed by atoms with Crippen molar-refractivity contribution in [2.75, 3.05) is 11.4 Å². The highest BCUT2D eigenvalue weighted by Crippen LogP contribution is 2.20. The zero-order valence-corrected chi connectivity index (χ0v) is 11.0. The molecule has 96 valence electrons. The van der Waals surface area contributed by atoms with E-state index in [1.807, 2.05) is 30.3 Å². The molecule has 0 aromatic heterocycles. The quantitative estimate of drug-likeness (QED) is 0.799. The molecule has 0 radical (unpaired) electrons. The van der Waals surface area contributed by atoms with Gasteiger partial charge in [0.1, 0.15) is 0 Å². The molecular weight excluding hydrogens is 246 g/mol. The molecule has 1 aromatic carbocycles. The van der Waals surface area contributed by atoms with Crippen molar-refractivity contribution in [1.29, 1.82) is 0 Å². The van der Waals surface area contributed by atoms with E-state index in [0.29, 0.717) is 24.0 Å². The number of hydrogen-bond donors (Lipinski definition) is 2. The van der Waals surface area contributed by atoms with Gasteiger partial charge >= 0.3 is 6.03 Å². The van der Waals surface area contributed by atoms with E-state index in [1.165, 1.54) is 0 Å². The Balaban J connectivity index is 2.05. The third-order valence-electron chi connectivity index (χ3n) is 2.80. The molecule has 0 spiro atoms. The number of rotatable bonds is 5. The lowest BCUT2D eigenvalue weighted by Crippen LogP contribution is -2.42. The second kappa shape index (κ2) is 5.82. The SMILES string of the molecule is NC(=S)CCN(C(=O)NC1CC1)c1ccccc1. The Morgan fingerprint density at radius 3 is 2.61 bits per heavy atom. The topological polar surface area (TPSA) is 58.4 Å². The monoisotopic (exact) mass is 263 g/mol. The fraction of sp³-hybridized carbons (Fsp3) is 0.385. The van der Waals surface area contributed by atoms with Crippen LogP contribution >= 0.6 is 12.2 Å². The third-order valence-corrected chi connectivity index (χ3v) is 3.00. The summed E-state index contributed by atoms with van der Waals surface area (Å²) in [6.45, 7) is 0.512. The molecule has 0 bridgehead atoms. The van der Waals surface area contributed by atoms with Gasteiger partial charge in [-0.3, -0.25) is 4.90 Å². The van der Waals surface area contributed by atoms with Gasteiger partial charge in [-0.25, -0.2) is 4.79 Å². The Hall–Kier alpha value is -1.62. The molecule has 0 aliphatic heterocycles. The molecule has 0 unspecified atom stereocenters. The Kier molecular flexibility index (Phi) is 4.15. The van der Waals surface area contributed by atoms with Crippen molar-refractivity contribution in [3.63, 3.8) is 0 Å². The minimum Gasteiger partial charge on any atom is -0.393 e. The Morgan fingerprint density at radius 1 is 1.39 bits per heavy atom. The molecule has 1 aromatic rings. The largest absolute Gasteiger partial charge is 0.393 e. The molecular formula is C13H17N3OS. The van der Waals surface area contributed by atoms with Crippen LogP contribution in [0, 0.1) is 0 Å². The van der Waals surface area contributed by atoms with Gasteiger partial charge in [-0.1, -0.05) is 30.4 Å². The number of carbonyl (C=O) groups excluding carboxylic acids is 1. The molecule has 3 N–H and O–H groups in total. The van der Waals surface area contributed by atoms with Gasteiger partial charge in [0.15, 0.2) is 0 Å². The Labute approximate surface area is 112 Å². The van der Waals surface area contributed by atoms with Crippen LogP contribution in [-0.2, 0) is 0 Å². The third kappa shape index (κ3) is 3.70. The summed E-state index contributed by atoms with van der Waals surface area (Å²) in [7, 11) is 0. The van der Waals surface area contributed by atoms with E-state index in [4.69, 9.17) is 18.0 Å². The first-order valence-electron chi connectivity index (χ1n) is 6.08. The summed E-state index contributed by atoms with van der Waals surface area (Å²) in [5, 5.41) is 2.98. The number of anilines is 1. The smallest absolute Gasteiger partial charge is 0.322 e. The van der Waals surface area contributed by atoms with Crippen LogP contribution in [0.1, 0.15) is 19.3 Å². The first-order valence-corrected chi connectivity index (χ1v) is 6.49. The van der Waals surface area contributed by atoms with Crippen molar-refractivity contribution < 1.29 is 4.79 Å². The van der Waals surface area contributed by atoms with E-state index < -0.39 is 0 Å². The number of para-hydroxylation sites is 1. The zero-order chi connectivity index (χ0) is 13.0. The maximum absolute atomic E-state index is 12.1. The lowest BCUT2D eigenvalue weighted by Gasteiger charge is -2.23. The number of nitrogens with one attached hydrogen (secondary N) is 1. The molecule has 0 saturated heterocycles. The van der Waals surface area contributed by atoms with Gasteiger partial charge in [0.05, 0.1) is 4.99 Å². The number of amides is 2. The molecule has 1 aliphatic carbocycles. The number of thiocarbonyl (C=S) groups is 1. The molecule has 18 heavy (non-hydrogen) atoms. The number of nitrogens with zero attached hydrogens (tertiary/aromatic N) is 1. The van der Waals surface area contributed by atoms with Gasteiger partial charge in [0.25, 0.3) is 0 Å². The molecule has 4 nitrogen and oxygen atoms in total. The minimum absolute atomic E-state index is 0.0695. The summed E-state index contributed by atoms with van der Waals surface area (Å²) < 4.78 is 0. The van der Waals surface area contributed by atoms with Crippen LogP contribution in [0.25, 0.3) is 0 Å². The zero-order valence-electron chi connectivity index (χ0n) is 10.1. The summed E-state index contributed by atoms with van der Waals surface area (Å²) in [6, 6.07) is 9.83. The van der Waals surface area contributed by atoms with Gasteiger partial charge < -0.3 is 11.1 Å². The van der Waals surface area contributed by atoms with Crippen molar-refractivity contribution in [3.05, 3.63) is 30.3 Å². The maximum Gasteiger partial charge on any atom is 0.322 e. The van der Waals surface area contributed by atoms with Gasteiger partial charge in [0, 0.05) is 24.7 Å². The molecule has 1 fully saturated rings. The minimum atomic E-state index is -0.0695. The van der Waals surface area contributed by atoms with Crippen molar-refractivity contribution in [1.82, 2.24) is 5.32 Å². The van der Waals surface area contributed by atoms with E-state index in [1.54, 1.807) is 4.90 Å². The number of nitrogens with two attached hydrogens (primary N) is 1. The van der Waals surface area contributed by atoms with E-state index in [2.05, 4.69) is 5.32 Å².